The summed E-state index contributed by atoms with van der Waals surface area (Å²) in [6.07, 6.45) is 0. The van der Waals surface area contributed by atoms with E-state index in [0.29, 0.717) is 23.2 Å². The van der Waals surface area contributed by atoms with Gasteiger partial charge in [0.15, 0.2) is 15.0 Å². The summed E-state index contributed by atoms with van der Waals surface area (Å²) in [5.41, 5.74) is 1.40. The largest absolute Gasteiger partial charge is 0.478 e. The maximum atomic E-state index is 12.8. The topological polar surface area (TPSA) is 131 Å². The number of aromatic carboxylic acids is 1. The lowest BCUT2D eigenvalue weighted by Crippen LogP contribution is -2.23. The Hall–Kier alpha value is -3.18. The summed E-state index contributed by atoms with van der Waals surface area (Å²) in [6, 6.07) is 12.6. The van der Waals surface area contributed by atoms with Gasteiger partial charge in [-0.05, 0) is 51.1 Å². The summed E-state index contributed by atoms with van der Waals surface area (Å²) in [5.74, 6) is -1.44. The molecule has 1 unspecified atom stereocenters. The molecule has 2 aromatic carbocycles. The van der Waals surface area contributed by atoms with Crippen molar-refractivity contribution in [3.05, 3.63) is 65.5 Å². The number of carboxylic acid groups (broad SMARTS) is 1. The van der Waals surface area contributed by atoms with Crippen LogP contribution in [0.4, 0.5) is 5.69 Å². The second-order valence-electron chi connectivity index (χ2n) is 7.35. The lowest BCUT2D eigenvalue weighted by molar-refractivity contribution is -0.115. The molecule has 0 saturated heterocycles. The third-order valence-corrected chi connectivity index (χ3v) is 7.55. The molecule has 1 atom stereocenters. The van der Waals surface area contributed by atoms with Gasteiger partial charge in [0.25, 0.3) is 0 Å². The van der Waals surface area contributed by atoms with Crippen LogP contribution in [-0.2, 0) is 26.9 Å². The normalized spacial score (nSPS) is 12.3. The summed E-state index contributed by atoms with van der Waals surface area (Å²) in [6.45, 7) is 5.84. The number of thioether (sulfide) groups is 1. The molecule has 3 aromatic rings. The highest BCUT2D eigenvalue weighted by Crippen LogP contribution is 2.25. The van der Waals surface area contributed by atoms with Crippen molar-refractivity contribution in [2.45, 2.75) is 48.4 Å². The average molecular weight is 489 g/mol. The van der Waals surface area contributed by atoms with Gasteiger partial charge in [-0.25, -0.2) is 13.2 Å². The highest BCUT2D eigenvalue weighted by molar-refractivity contribution is 8.00. The molecule has 33 heavy (non-hydrogen) atoms. The second kappa shape index (κ2) is 10.2. The number of nitrogens with zero attached hydrogens (tertiary/aromatic N) is 3. The van der Waals surface area contributed by atoms with Crippen LogP contribution in [0.1, 0.15) is 35.6 Å². The second-order valence-corrected chi connectivity index (χ2v) is 10.6. The Morgan fingerprint density at radius 2 is 1.85 bits per heavy atom. The fourth-order valence-corrected chi connectivity index (χ4v) is 5.22. The van der Waals surface area contributed by atoms with E-state index in [1.165, 1.54) is 12.1 Å². The minimum atomic E-state index is -3.61. The molecule has 1 amide bonds. The van der Waals surface area contributed by atoms with Gasteiger partial charge in [-0.3, -0.25) is 4.79 Å². The molecule has 0 saturated carbocycles. The molecule has 1 heterocycles. The Balaban J connectivity index is 1.73. The van der Waals surface area contributed by atoms with E-state index in [4.69, 9.17) is 5.11 Å². The molecular weight excluding hydrogens is 464 g/mol. The van der Waals surface area contributed by atoms with Crippen molar-refractivity contribution >= 4 is 39.2 Å². The van der Waals surface area contributed by atoms with Crippen LogP contribution in [0, 0.1) is 6.92 Å². The van der Waals surface area contributed by atoms with Crippen molar-refractivity contribution in [1.82, 2.24) is 14.8 Å². The molecule has 11 heteroatoms. The highest BCUT2D eigenvalue weighted by Gasteiger charge is 2.24. The third-order valence-electron chi connectivity index (χ3n) is 4.84. The van der Waals surface area contributed by atoms with Crippen LogP contribution in [0.25, 0.3) is 0 Å². The molecule has 0 aliphatic rings. The number of anilines is 1. The van der Waals surface area contributed by atoms with E-state index in [2.05, 4.69) is 15.5 Å². The highest BCUT2D eigenvalue weighted by atomic mass is 32.2. The minimum absolute atomic E-state index is 0.0678. The predicted molar refractivity (Wildman–Crippen MR) is 125 cm³/mol. The first-order valence-corrected chi connectivity index (χ1v) is 12.7. The Kier molecular flexibility index (Phi) is 7.54. The number of carbonyl (C=O) groups is 2. The zero-order valence-corrected chi connectivity index (χ0v) is 20.0. The fourth-order valence-electron chi connectivity index (χ4n) is 3.02. The molecule has 0 radical (unpaired) electrons. The van der Waals surface area contributed by atoms with Crippen LogP contribution in [0.3, 0.4) is 0 Å². The van der Waals surface area contributed by atoms with Crippen LogP contribution in [0.2, 0.25) is 0 Å². The van der Waals surface area contributed by atoms with E-state index in [0.717, 1.165) is 17.3 Å². The summed E-state index contributed by atoms with van der Waals surface area (Å²) in [7, 11) is -3.61. The van der Waals surface area contributed by atoms with Crippen molar-refractivity contribution < 1.29 is 23.1 Å². The number of hydrogen-bond donors (Lipinski definition) is 2. The van der Waals surface area contributed by atoms with Crippen LogP contribution < -0.4 is 5.32 Å². The number of hydrogen-bond acceptors (Lipinski definition) is 7. The lowest BCUT2D eigenvalue weighted by Gasteiger charge is -2.13. The Bertz CT molecular complexity index is 1270. The number of nitrogens with one attached hydrogen (secondary N) is 1. The molecule has 3 rings (SSSR count). The number of rotatable bonds is 9. The third kappa shape index (κ3) is 5.99. The molecule has 174 valence electrons. The lowest BCUT2D eigenvalue weighted by atomic mass is 10.2. The van der Waals surface area contributed by atoms with Gasteiger partial charge in [-0.15, -0.1) is 10.2 Å². The van der Waals surface area contributed by atoms with Gasteiger partial charge in [0.2, 0.25) is 5.91 Å². The van der Waals surface area contributed by atoms with Gasteiger partial charge >= 0.3 is 5.97 Å². The first-order chi connectivity index (χ1) is 15.6. The smallest absolute Gasteiger partial charge is 0.335 e. The molecule has 0 aliphatic carbocycles. The Labute approximate surface area is 196 Å². The van der Waals surface area contributed by atoms with Crippen molar-refractivity contribution in [3.8, 4) is 0 Å². The van der Waals surface area contributed by atoms with Gasteiger partial charge < -0.3 is 15.0 Å². The van der Waals surface area contributed by atoms with Crippen LogP contribution in [0.5, 0.6) is 0 Å². The monoisotopic (exact) mass is 488 g/mol. The maximum Gasteiger partial charge on any atom is 0.335 e. The van der Waals surface area contributed by atoms with E-state index >= 15 is 0 Å². The Morgan fingerprint density at radius 1 is 1.15 bits per heavy atom. The molecule has 0 aliphatic heterocycles. The number of benzene rings is 2. The molecule has 0 bridgehead atoms. The van der Waals surface area contributed by atoms with E-state index in [9.17, 15) is 18.0 Å². The quantitative estimate of drug-likeness (QED) is 0.438. The predicted octanol–water partition coefficient (Wildman–Crippen LogP) is 3.40. The molecule has 2 N–H and O–H groups in total. The van der Waals surface area contributed by atoms with Gasteiger partial charge in [0.05, 0.1) is 15.7 Å². The molecule has 0 fully saturated rings. The van der Waals surface area contributed by atoms with Crippen molar-refractivity contribution in [3.63, 3.8) is 0 Å². The van der Waals surface area contributed by atoms with E-state index in [-0.39, 0.29) is 22.1 Å². The molecule has 1 aromatic heterocycles. The fraction of sp³-hybridized carbons (Fsp3) is 0.273. The zero-order valence-electron chi connectivity index (χ0n) is 18.3. The number of amides is 1. The number of carbonyl (C=O) groups excluding carboxylic acids is 1. The van der Waals surface area contributed by atoms with E-state index in [1.54, 1.807) is 47.9 Å². The van der Waals surface area contributed by atoms with E-state index in [1.807, 2.05) is 13.8 Å². The maximum absolute atomic E-state index is 12.8. The number of carboxylic acids is 1. The first-order valence-electron chi connectivity index (χ1n) is 10.1. The molecule has 9 nitrogen and oxygen atoms in total. The van der Waals surface area contributed by atoms with Crippen LogP contribution >= 0.6 is 11.8 Å². The van der Waals surface area contributed by atoms with Gasteiger partial charge in [-0.1, -0.05) is 35.5 Å². The summed E-state index contributed by atoms with van der Waals surface area (Å²) >= 11 is 1.14. The minimum Gasteiger partial charge on any atom is -0.478 e. The summed E-state index contributed by atoms with van der Waals surface area (Å²) < 4.78 is 27.3. The number of sulfone groups is 1. The van der Waals surface area contributed by atoms with Gasteiger partial charge in [0, 0.05) is 12.2 Å². The summed E-state index contributed by atoms with van der Waals surface area (Å²) in [4.78, 5) is 23.9. The molecule has 0 spiro atoms. The van der Waals surface area contributed by atoms with Gasteiger partial charge in [0.1, 0.15) is 11.6 Å². The SMILES string of the molecule is CCn1c(CS(=O)(=O)c2ccc(C)cc2)nnc1SC(C)C(=O)Nc1cccc(C(=O)O)c1. The van der Waals surface area contributed by atoms with Crippen molar-refractivity contribution in [2.24, 2.45) is 0 Å². The Morgan fingerprint density at radius 3 is 2.48 bits per heavy atom. The van der Waals surface area contributed by atoms with Crippen LogP contribution in [0.15, 0.2) is 58.6 Å². The van der Waals surface area contributed by atoms with Gasteiger partial charge in [-0.2, -0.15) is 0 Å². The number of aromatic nitrogens is 3. The van der Waals surface area contributed by atoms with Crippen LogP contribution in [-0.4, -0.2) is 45.4 Å². The van der Waals surface area contributed by atoms with E-state index < -0.39 is 21.1 Å². The van der Waals surface area contributed by atoms with Crippen molar-refractivity contribution in [2.75, 3.05) is 5.32 Å². The summed E-state index contributed by atoms with van der Waals surface area (Å²) in [5, 5.41) is 19.8. The van der Waals surface area contributed by atoms with Crippen molar-refractivity contribution in [1.29, 1.82) is 0 Å². The zero-order chi connectivity index (χ0) is 24.2. The number of aryl methyl sites for hydroxylation is 1. The molecular formula is C22H24N4O5S2. The standard InChI is InChI=1S/C22H24N4O5S2/c1-4-26-19(13-33(30,31)18-10-8-14(2)9-11-18)24-25-22(26)32-15(3)20(27)23-17-7-5-6-16(12-17)21(28)29/h5-12,15H,4,13H2,1-3H3,(H,23,27)(H,28,29). The average Bonchev–Trinajstić information content (AvgIpc) is 3.14. The first kappa shape index (κ1) is 24.5.